The minimum absolute atomic E-state index is 0.0885. The molecule has 0 unspecified atom stereocenters. The molecule has 0 aliphatic rings. The van der Waals surface area contributed by atoms with Crippen LogP contribution >= 0.6 is 23.4 Å². The molecule has 0 radical (unpaired) electrons. The zero-order chi connectivity index (χ0) is 24.3. The maximum Gasteiger partial charge on any atom is 0.243 e. The smallest absolute Gasteiger partial charge is 0.243 e. The van der Waals surface area contributed by atoms with Gasteiger partial charge in [-0.05, 0) is 41.3 Å². The Bertz CT molecular complexity index is 1060. The monoisotopic (exact) mass is 494 g/mol. The molecule has 34 heavy (non-hydrogen) atoms. The Morgan fingerprint density at radius 1 is 0.912 bits per heavy atom. The number of hydrogen-bond donors (Lipinski definition) is 1. The summed E-state index contributed by atoms with van der Waals surface area (Å²) in [5, 5.41) is 3.65. The lowest BCUT2D eigenvalue weighted by molar-refractivity contribution is -0.139. The van der Waals surface area contributed by atoms with Crippen molar-refractivity contribution in [3.05, 3.63) is 101 Å². The van der Waals surface area contributed by atoms with Crippen LogP contribution in [0.5, 0.6) is 0 Å². The summed E-state index contributed by atoms with van der Waals surface area (Å²) in [5.74, 6) is 0.326. The predicted octanol–water partition coefficient (Wildman–Crippen LogP) is 5.84. The third-order valence-corrected chi connectivity index (χ3v) is 6.53. The van der Waals surface area contributed by atoms with E-state index in [2.05, 4.69) is 19.2 Å². The van der Waals surface area contributed by atoms with Crippen LogP contribution in [0.25, 0.3) is 0 Å². The van der Waals surface area contributed by atoms with Gasteiger partial charge in [-0.2, -0.15) is 0 Å². The normalized spacial score (nSPS) is 11.8. The van der Waals surface area contributed by atoms with Crippen LogP contribution in [0, 0.1) is 5.92 Å². The molecule has 0 spiro atoms. The minimum atomic E-state index is -0.635. The molecule has 0 aliphatic heterocycles. The molecular formula is C28H31ClN2O2S. The van der Waals surface area contributed by atoms with E-state index in [1.54, 1.807) is 11.0 Å². The van der Waals surface area contributed by atoms with E-state index in [9.17, 15) is 9.59 Å². The number of rotatable bonds is 11. The van der Waals surface area contributed by atoms with Gasteiger partial charge in [0, 0.05) is 29.4 Å². The van der Waals surface area contributed by atoms with E-state index in [0.29, 0.717) is 30.5 Å². The number of hydrogen-bond acceptors (Lipinski definition) is 3. The van der Waals surface area contributed by atoms with Gasteiger partial charge in [0.1, 0.15) is 6.04 Å². The first-order chi connectivity index (χ1) is 16.4. The Balaban J connectivity index is 1.89. The third-order valence-electron chi connectivity index (χ3n) is 5.30. The number of nitrogens with one attached hydrogen (secondary N) is 1. The number of amides is 2. The van der Waals surface area contributed by atoms with E-state index in [1.165, 1.54) is 11.8 Å². The molecule has 0 fully saturated rings. The van der Waals surface area contributed by atoms with Crippen LogP contribution in [-0.4, -0.2) is 35.1 Å². The largest absolute Gasteiger partial charge is 0.354 e. The molecule has 178 valence electrons. The van der Waals surface area contributed by atoms with Crippen LogP contribution in [0.1, 0.15) is 25.0 Å². The molecular weight excluding hydrogens is 464 g/mol. The highest BCUT2D eigenvalue weighted by Gasteiger charge is 2.30. The predicted molar refractivity (Wildman–Crippen MR) is 141 cm³/mol. The SMILES string of the molecule is CC(C)CNC(=O)[C@H](Cc1ccccc1)N(Cc1cccc(Cl)c1)C(=O)CSc1ccccc1. The first-order valence-electron chi connectivity index (χ1n) is 11.5. The second-order valence-corrected chi connectivity index (χ2v) is 10.1. The van der Waals surface area contributed by atoms with Crippen molar-refractivity contribution in [3.8, 4) is 0 Å². The molecule has 0 aliphatic carbocycles. The number of carbonyl (C=O) groups excluding carboxylic acids is 2. The molecule has 1 N–H and O–H groups in total. The fourth-order valence-electron chi connectivity index (χ4n) is 3.55. The van der Waals surface area contributed by atoms with Crippen LogP contribution < -0.4 is 5.32 Å². The summed E-state index contributed by atoms with van der Waals surface area (Å²) in [6, 6.07) is 26.5. The van der Waals surface area contributed by atoms with Crippen molar-refractivity contribution in [2.24, 2.45) is 5.92 Å². The summed E-state index contributed by atoms with van der Waals surface area (Å²) in [5.41, 5.74) is 1.90. The highest BCUT2D eigenvalue weighted by Crippen LogP contribution is 2.22. The van der Waals surface area contributed by atoms with Crippen LogP contribution in [0.3, 0.4) is 0 Å². The Labute approximate surface area is 211 Å². The summed E-state index contributed by atoms with van der Waals surface area (Å²) in [6.45, 7) is 4.97. The second-order valence-electron chi connectivity index (χ2n) is 8.60. The number of carbonyl (C=O) groups is 2. The molecule has 3 aromatic carbocycles. The van der Waals surface area contributed by atoms with Crippen molar-refractivity contribution in [3.63, 3.8) is 0 Å². The number of thioether (sulfide) groups is 1. The van der Waals surface area contributed by atoms with Crippen LogP contribution in [0.2, 0.25) is 5.02 Å². The van der Waals surface area contributed by atoms with E-state index in [4.69, 9.17) is 11.6 Å². The zero-order valence-corrected chi connectivity index (χ0v) is 21.2. The van der Waals surface area contributed by atoms with Gasteiger partial charge < -0.3 is 10.2 Å². The van der Waals surface area contributed by atoms with E-state index in [1.807, 2.05) is 78.9 Å². The van der Waals surface area contributed by atoms with E-state index < -0.39 is 6.04 Å². The van der Waals surface area contributed by atoms with Crippen molar-refractivity contribution >= 4 is 35.2 Å². The molecule has 6 heteroatoms. The topological polar surface area (TPSA) is 49.4 Å². The van der Waals surface area contributed by atoms with Crippen molar-refractivity contribution in [1.29, 1.82) is 0 Å². The molecule has 0 saturated carbocycles. The minimum Gasteiger partial charge on any atom is -0.354 e. The van der Waals surface area contributed by atoms with Gasteiger partial charge in [-0.3, -0.25) is 9.59 Å². The fraction of sp³-hybridized carbons (Fsp3) is 0.286. The van der Waals surface area contributed by atoms with Gasteiger partial charge in [-0.25, -0.2) is 0 Å². The van der Waals surface area contributed by atoms with Crippen LogP contribution in [-0.2, 0) is 22.6 Å². The first-order valence-corrected chi connectivity index (χ1v) is 12.8. The van der Waals surface area contributed by atoms with E-state index in [0.717, 1.165) is 16.0 Å². The lowest BCUT2D eigenvalue weighted by atomic mass is 10.0. The summed E-state index contributed by atoms with van der Waals surface area (Å²) in [7, 11) is 0. The Morgan fingerprint density at radius 2 is 1.56 bits per heavy atom. The highest BCUT2D eigenvalue weighted by atomic mass is 35.5. The molecule has 4 nitrogen and oxygen atoms in total. The van der Waals surface area contributed by atoms with Gasteiger partial charge >= 0.3 is 0 Å². The van der Waals surface area contributed by atoms with Gasteiger partial charge in [0.2, 0.25) is 11.8 Å². The summed E-state index contributed by atoms with van der Waals surface area (Å²) < 4.78 is 0. The zero-order valence-electron chi connectivity index (χ0n) is 19.6. The average molecular weight is 495 g/mol. The standard InChI is InChI=1S/C28H31ClN2O2S/c1-21(2)18-30-28(33)26(17-22-10-5-3-6-11-22)31(19-23-12-9-13-24(29)16-23)27(32)20-34-25-14-7-4-8-15-25/h3-16,21,26H,17-20H2,1-2H3,(H,30,33)/t26-/m0/s1. The molecule has 3 aromatic rings. The molecule has 3 rings (SSSR count). The van der Waals surface area contributed by atoms with Gasteiger partial charge in [0.25, 0.3) is 0 Å². The van der Waals surface area contributed by atoms with Gasteiger partial charge in [0.05, 0.1) is 5.75 Å². The highest BCUT2D eigenvalue weighted by molar-refractivity contribution is 8.00. The quantitative estimate of drug-likeness (QED) is 0.340. The van der Waals surface area contributed by atoms with Gasteiger partial charge in [-0.1, -0.05) is 86.1 Å². The van der Waals surface area contributed by atoms with Gasteiger partial charge in [0.15, 0.2) is 0 Å². The second kappa shape index (κ2) is 13.2. The fourth-order valence-corrected chi connectivity index (χ4v) is 4.57. The van der Waals surface area contributed by atoms with Crippen molar-refractivity contribution < 1.29 is 9.59 Å². The summed E-state index contributed by atoms with van der Waals surface area (Å²) in [4.78, 5) is 29.7. The van der Waals surface area contributed by atoms with Crippen molar-refractivity contribution in [2.75, 3.05) is 12.3 Å². The molecule has 0 saturated heterocycles. The molecule has 0 aromatic heterocycles. The Hall–Kier alpha value is -2.76. The van der Waals surface area contributed by atoms with Crippen molar-refractivity contribution in [1.82, 2.24) is 10.2 Å². The number of halogens is 1. The average Bonchev–Trinajstić information content (AvgIpc) is 2.84. The summed E-state index contributed by atoms with van der Waals surface area (Å²) in [6.07, 6.45) is 0.438. The van der Waals surface area contributed by atoms with Crippen LogP contribution in [0.4, 0.5) is 0 Å². The Kier molecular flexibility index (Phi) is 10.0. The van der Waals surface area contributed by atoms with Crippen LogP contribution in [0.15, 0.2) is 89.8 Å². The lowest BCUT2D eigenvalue weighted by Gasteiger charge is -2.32. The van der Waals surface area contributed by atoms with E-state index in [-0.39, 0.29) is 17.6 Å². The molecule has 0 heterocycles. The van der Waals surface area contributed by atoms with Gasteiger partial charge in [-0.15, -0.1) is 11.8 Å². The molecule has 1 atom stereocenters. The maximum absolute atomic E-state index is 13.6. The Morgan fingerprint density at radius 3 is 2.21 bits per heavy atom. The number of benzene rings is 3. The third kappa shape index (κ3) is 8.23. The number of nitrogens with zero attached hydrogens (tertiary/aromatic N) is 1. The maximum atomic E-state index is 13.6. The summed E-state index contributed by atoms with van der Waals surface area (Å²) >= 11 is 7.69. The first kappa shape index (κ1) is 25.9. The van der Waals surface area contributed by atoms with Crippen molar-refractivity contribution in [2.45, 2.75) is 37.8 Å². The molecule has 2 amide bonds. The van der Waals surface area contributed by atoms with E-state index >= 15 is 0 Å². The lowest BCUT2D eigenvalue weighted by Crippen LogP contribution is -2.51. The molecule has 0 bridgehead atoms.